The van der Waals surface area contributed by atoms with E-state index < -0.39 is 10.0 Å². The highest BCUT2D eigenvalue weighted by Crippen LogP contribution is 2.09. The first-order valence-electron chi connectivity index (χ1n) is 9.31. The van der Waals surface area contributed by atoms with Crippen LogP contribution in [0.5, 0.6) is 0 Å². The smallest absolute Gasteiger partial charge is 0.216 e. The molecule has 0 unspecified atom stereocenters. The zero-order valence-electron chi connectivity index (χ0n) is 16.5. The van der Waals surface area contributed by atoms with E-state index in [1.165, 1.54) is 6.42 Å². The lowest BCUT2D eigenvalue weighted by atomic mass is 10.1. The molecule has 0 atom stereocenters. The first kappa shape index (κ1) is 22.2. The van der Waals surface area contributed by atoms with Crippen LogP contribution < -0.4 is 5.32 Å². The molecule has 1 heterocycles. The average molecular weight is 377 g/mol. The highest BCUT2D eigenvalue weighted by atomic mass is 32.2. The van der Waals surface area contributed by atoms with Gasteiger partial charge >= 0.3 is 0 Å². The largest absolute Gasteiger partial charge is 0.378 e. The highest BCUT2D eigenvalue weighted by Gasteiger charge is 2.27. The average Bonchev–Trinajstić information content (AvgIpc) is 2.54. The molecule has 1 fully saturated rings. The van der Waals surface area contributed by atoms with E-state index in [0.29, 0.717) is 32.1 Å². The molecule has 148 valence electrons. The van der Waals surface area contributed by atoms with Gasteiger partial charge in [0.05, 0.1) is 18.5 Å². The molecule has 0 radical (unpaired) electrons. The van der Waals surface area contributed by atoms with Gasteiger partial charge in [-0.2, -0.15) is 4.31 Å². The Balaban J connectivity index is 2.40. The lowest BCUT2D eigenvalue weighted by molar-refractivity contribution is 0.0904. The van der Waals surface area contributed by atoms with Gasteiger partial charge in [-0.15, -0.1) is 0 Å². The fraction of sp³-hybridized carbons (Fsp3) is 0.941. The number of ether oxygens (including phenoxy) is 1. The van der Waals surface area contributed by atoms with Gasteiger partial charge in [-0.3, -0.25) is 4.99 Å². The Kier molecular flexibility index (Phi) is 9.74. The van der Waals surface area contributed by atoms with Gasteiger partial charge in [0.2, 0.25) is 10.0 Å². The Morgan fingerprint density at radius 3 is 2.32 bits per heavy atom. The van der Waals surface area contributed by atoms with Crippen molar-refractivity contribution in [2.45, 2.75) is 46.6 Å². The van der Waals surface area contributed by atoms with Gasteiger partial charge in [-0.05, 0) is 32.6 Å². The number of piperazine rings is 1. The van der Waals surface area contributed by atoms with Gasteiger partial charge in [-0.1, -0.05) is 13.8 Å². The topological polar surface area (TPSA) is 74.2 Å². The Morgan fingerprint density at radius 1 is 1.16 bits per heavy atom. The Hall–Kier alpha value is -0.860. The van der Waals surface area contributed by atoms with Crippen LogP contribution in [0, 0.1) is 5.92 Å². The maximum atomic E-state index is 12.4. The van der Waals surface area contributed by atoms with Crippen molar-refractivity contribution in [3.63, 3.8) is 0 Å². The number of hydrogen-bond donors (Lipinski definition) is 1. The van der Waals surface area contributed by atoms with Crippen LogP contribution in [0.25, 0.3) is 0 Å². The molecule has 1 saturated heterocycles. The molecule has 0 amide bonds. The van der Waals surface area contributed by atoms with Crippen molar-refractivity contribution in [3.05, 3.63) is 0 Å². The van der Waals surface area contributed by atoms with E-state index in [1.54, 1.807) is 11.4 Å². The maximum absolute atomic E-state index is 12.4. The fourth-order valence-corrected chi connectivity index (χ4v) is 4.02. The van der Waals surface area contributed by atoms with E-state index in [-0.39, 0.29) is 18.5 Å². The van der Waals surface area contributed by atoms with E-state index in [1.807, 2.05) is 13.8 Å². The third kappa shape index (κ3) is 8.37. The molecule has 1 rings (SSSR count). The molecule has 0 bridgehead atoms. The van der Waals surface area contributed by atoms with Crippen LogP contribution in [-0.2, 0) is 14.8 Å². The zero-order chi connectivity index (χ0) is 18.9. The lowest BCUT2D eigenvalue weighted by Gasteiger charge is -2.35. The molecule has 0 aromatic rings. The molecule has 1 N–H and O–H groups in total. The highest BCUT2D eigenvalue weighted by molar-refractivity contribution is 7.89. The van der Waals surface area contributed by atoms with Gasteiger partial charge in [0.15, 0.2) is 5.96 Å². The van der Waals surface area contributed by atoms with Crippen molar-refractivity contribution < 1.29 is 13.2 Å². The van der Waals surface area contributed by atoms with E-state index in [0.717, 1.165) is 18.9 Å². The number of nitrogens with one attached hydrogen (secondary N) is 1. The van der Waals surface area contributed by atoms with Crippen LogP contribution in [0.2, 0.25) is 0 Å². The third-order valence-corrected chi connectivity index (χ3v) is 6.01. The standard InChI is InChI=1S/C17H36N4O3S/c1-15(2)7-6-8-19-17(18-5)20-9-11-21(12-10-20)25(22,23)14-13-24-16(3)4/h15-16H,6-14H2,1-5H3,(H,18,19). The van der Waals surface area contributed by atoms with Gasteiger partial charge in [0.1, 0.15) is 0 Å². The monoisotopic (exact) mass is 376 g/mol. The SMILES string of the molecule is CN=C(NCCCC(C)C)N1CCN(S(=O)(=O)CCOC(C)C)CC1. The number of nitrogens with zero attached hydrogens (tertiary/aromatic N) is 3. The predicted molar refractivity (Wildman–Crippen MR) is 103 cm³/mol. The number of sulfonamides is 1. The molecule has 0 aromatic carbocycles. The van der Waals surface area contributed by atoms with Gasteiger partial charge in [0, 0.05) is 39.8 Å². The van der Waals surface area contributed by atoms with Crippen LogP contribution in [0.15, 0.2) is 4.99 Å². The number of hydrogen-bond acceptors (Lipinski definition) is 4. The molecule has 0 saturated carbocycles. The number of rotatable bonds is 9. The predicted octanol–water partition coefficient (Wildman–Crippen LogP) is 1.37. The number of aliphatic imine (C=N–C) groups is 1. The van der Waals surface area contributed by atoms with Gasteiger partial charge in [-0.25, -0.2) is 8.42 Å². The van der Waals surface area contributed by atoms with Crippen molar-refractivity contribution in [1.82, 2.24) is 14.5 Å². The minimum atomic E-state index is -3.24. The summed E-state index contributed by atoms with van der Waals surface area (Å²) in [5.41, 5.74) is 0. The van der Waals surface area contributed by atoms with Crippen LogP contribution >= 0.6 is 0 Å². The number of guanidine groups is 1. The first-order chi connectivity index (χ1) is 11.8. The normalized spacial score (nSPS) is 17.6. The Morgan fingerprint density at radius 2 is 1.80 bits per heavy atom. The molecule has 0 aromatic heterocycles. The molecule has 0 aliphatic carbocycles. The zero-order valence-corrected chi connectivity index (χ0v) is 17.3. The second-order valence-corrected chi connectivity index (χ2v) is 9.22. The second kappa shape index (κ2) is 11.0. The molecule has 1 aliphatic heterocycles. The summed E-state index contributed by atoms with van der Waals surface area (Å²) in [5, 5.41) is 3.38. The molecular formula is C17H36N4O3S. The molecule has 8 heteroatoms. The van der Waals surface area contributed by atoms with Crippen molar-refractivity contribution in [3.8, 4) is 0 Å². The summed E-state index contributed by atoms with van der Waals surface area (Å²) >= 11 is 0. The summed E-state index contributed by atoms with van der Waals surface area (Å²) in [7, 11) is -1.47. The van der Waals surface area contributed by atoms with Gasteiger partial charge in [0.25, 0.3) is 0 Å². The Bertz CT molecular complexity index is 498. The second-order valence-electron chi connectivity index (χ2n) is 7.13. The van der Waals surface area contributed by atoms with Crippen molar-refractivity contribution >= 4 is 16.0 Å². The van der Waals surface area contributed by atoms with E-state index >= 15 is 0 Å². The summed E-state index contributed by atoms with van der Waals surface area (Å²) in [4.78, 5) is 6.46. The molecule has 0 spiro atoms. The van der Waals surface area contributed by atoms with Crippen LogP contribution in [0.3, 0.4) is 0 Å². The van der Waals surface area contributed by atoms with Crippen molar-refractivity contribution in [2.75, 3.05) is 52.1 Å². The molecule has 25 heavy (non-hydrogen) atoms. The van der Waals surface area contributed by atoms with Gasteiger partial charge < -0.3 is 15.0 Å². The first-order valence-corrected chi connectivity index (χ1v) is 10.9. The molecule has 7 nitrogen and oxygen atoms in total. The van der Waals surface area contributed by atoms with E-state index in [2.05, 4.69) is 29.1 Å². The van der Waals surface area contributed by atoms with Crippen LogP contribution in [0.4, 0.5) is 0 Å². The summed E-state index contributed by atoms with van der Waals surface area (Å²) < 4.78 is 31.7. The summed E-state index contributed by atoms with van der Waals surface area (Å²) in [6.45, 7) is 11.7. The van der Waals surface area contributed by atoms with E-state index in [4.69, 9.17) is 4.74 Å². The molecule has 1 aliphatic rings. The van der Waals surface area contributed by atoms with Crippen molar-refractivity contribution in [2.24, 2.45) is 10.9 Å². The summed E-state index contributed by atoms with van der Waals surface area (Å²) in [6.07, 6.45) is 2.35. The third-order valence-electron chi connectivity index (χ3n) is 4.18. The molecular weight excluding hydrogens is 340 g/mol. The maximum Gasteiger partial charge on any atom is 0.216 e. The van der Waals surface area contributed by atoms with Crippen molar-refractivity contribution in [1.29, 1.82) is 0 Å². The minimum absolute atomic E-state index is 0.0490. The van der Waals surface area contributed by atoms with Crippen LogP contribution in [-0.4, -0.2) is 81.8 Å². The van der Waals surface area contributed by atoms with E-state index in [9.17, 15) is 8.42 Å². The quantitative estimate of drug-likeness (QED) is 0.374. The minimum Gasteiger partial charge on any atom is -0.378 e. The summed E-state index contributed by atoms with van der Waals surface area (Å²) in [6, 6.07) is 0. The van der Waals surface area contributed by atoms with Crippen LogP contribution in [0.1, 0.15) is 40.5 Å². The lowest BCUT2D eigenvalue weighted by Crippen LogP contribution is -2.54. The Labute approximate surface area is 153 Å². The fourth-order valence-electron chi connectivity index (χ4n) is 2.74. The summed E-state index contributed by atoms with van der Waals surface area (Å²) in [5.74, 6) is 1.62.